The summed E-state index contributed by atoms with van der Waals surface area (Å²) in [5.41, 5.74) is 1.18. The van der Waals surface area contributed by atoms with E-state index in [-0.39, 0.29) is 24.2 Å². The summed E-state index contributed by atoms with van der Waals surface area (Å²) in [5.74, 6) is 1.16. The zero-order valence-corrected chi connectivity index (χ0v) is 15.5. The molecule has 2 amide bonds. The molecule has 2 aromatic rings. The summed E-state index contributed by atoms with van der Waals surface area (Å²) in [5, 5.41) is 12.3. The minimum Gasteiger partial charge on any atom is -0.495 e. The first-order chi connectivity index (χ1) is 13.2. The molecule has 1 aromatic carbocycles. The van der Waals surface area contributed by atoms with Gasteiger partial charge in [-0.2, -0.15) is 5.10 Å². The lowest BCUT2D eigenvalue weighted by Crippen LogP contribution is -2.25. The van der Waals surface area contributed by atoms with E-state index in [1.165, 1.54) is 12.7 Å². The number of ether oxygens (including phenoxy) is 1. The third kappa shape index (κ3) is 5.29. The number of hydrogen-bond donors (Lipinski definition) is 3. The first kappa shape index (κ1) is 18.9. The summed E-state index contributed by atoms with van der Waals surface area (Å²) in [6.45, 7) is 0. The summed E-state index contributed by atoms with van der Waals surface area (Å²) in [6.07, 6.45) is 7.41. The lowest BCUT2D eigenvalue weighted by Gasteiger charge is -2.21. The van der Waals surface area contributed by atoms with E-state index < -0.39 is 0 Å². The molecule has 0 aliphatic heterocycles. The molecular weight excluding hydrogens is 346 g/mol. The van der Waals surface area contributed by atoms with Gasteiger partial charge in [0.25, 0.3) is 0 Å². The van der Waals surface area contributed by atoms with Crippen LogP contribution >= 0.6 is 0 Å². The molecule has 1 aliphatic carbocycles. The molecule has 1 aliphatic rings. The van der Waals surface area contributed by atoms with Crippen LogP contribution in [0.1, 0.15) is 44.3 Å². The monoisotopic (exact) mass is 371 g/mol. The summed E-state index contributed by atoms with van der Waals surface area (Å²) >= 11 is 0. The molecule has 0 bridgehead atoms. The first-order valence-electron chi connectivity index (χ1n) is 9.28. The second kappa shape index (κ2) is 9.16. The second-order valence-electron chi connectivity index (χ2n) is 6.72. The van der Waals surface area contributed by atoms with Crippen LogP contribution in [0.3, 0.4) is 0 Å². The number of methoxy groups -OCH3 is 1. The number of aromatic nitrogens is 3. The zero-order valence-electron chi connectivity index (χ0n) is 15.5. The molecule has 0 spiro atoms. The molecule has 1 fully saturated rings. The normalized spacial score (nSPS) is 14.6. The van der Waals surface area contributed by atoms with Crippen LogP contribution in [-0.2, 0) is 16.0 Å². The van der Waals surface area contributed by atoms with Crippen LogP contribution in [0.4, 0.5) is 11.4 Å². The van der Waals surface area contributed by atoms with Crippen molar-refractivity contribution in [1.82, 2.24) is 15.2 Å². The van der Waals surface area contributed by atoms with E-state index in [0.29, 0.717) is 29.4 Å². The van der Waals surface area contributed by atoms with Gasteiger partial charge in [0.05, 0.1) is 12.8 Å². The molecule has 1 heterocycles. The Bertz CT molecular complexity index is 770. The summed E-state index contributed by atoms with van der Waals surface area (Å²) in [4.78, 5) is 28.7. The Morgan fingerprint density at radius 2 is 2.04 bits per heavy atom. The number of nitrogens with zero attached hydrogens (tertiary/aromatic N) is 2. The van der Waals surface area contributed by atoms with E-state index in [0.717, 1.165) is 25.7 Å². The highest BCUT2D eigenvalue weighted by Crippen LogP contribution is 2.30. The van der Waals surface area contributed by atoms with Gasteiger partial charge >= 0.3 is 0 Å². The molecule has 0 saturated heterocycles. The molecule has 3 rings (SSSR count). The summed E-state index contributed by atoms with van der Waals surface area (Å²) < 4.78 is 5.34. The molecule has 1 saturated carbocycles. The Hall–Kier alpha value is -2.90. The number of carbonyl (C=O) groups is 2. The largest absolute Gasteiger partial charge is 0.495 e. The van der Waals surface area contributed by atoms with Crippen LogP contribution in [0, 0.1) is 5.92 Å². The second-order valence-corrected chi connectivity index (χ2v) is 6.72. The van der Waals surface area contributed by atoms with E-state index in [9.17, 15) is 9.59 Å². The van der Waals surface area contributed by atoms with E-state index in [1.807, 2.05) is 0 Å². The van der Waals surface area contributed by atoms with E-state index in [1.54, 1.807) is 25.3 Å². The fourth-order valence-electron chi connectivity index (χ4n) is 3.29. The van der Waals surface area contributed by atoms with Crippen LogP contribution in [0.25, 0.3) is 0 Å². The Labute approximate surface area is 158 Å². The highest BCUT2D eigenvalue weighted by atomic mass is 16.5. The number of rotatable bonds is 7. The van der Waals surface area contributed by atoms with Gasteiger partial charge < -0.3 is 15.4 Å². The number of aryl methyl sites for hydroxylation is 1. The Morgan fingerprint density at radius 1 is 1.22 bits per heavy atom. The van der Waals surface area contributed by atoms with Crippen molar-refractivity contribution in [3.05, 3.63) is 30.4 Å². The molecule has 0 atom stereocenters. The quantitative estimate of drug-likeness (QED) is 0.693. The molecule has 3 N–H and O–H groups in total. The minimum atomic E-state index is -0.138. The van der Waals surface area contributed by atoms with E-state index in [4.69, 9.17) is 4.74 Å². The Balaban J connectivity index is 1.61. The fraction of sp³-hybridized carbons (Fsp3) is 0.474. The van der Waals surface area contributed by atoms with Gasteiger partial charge in [-0.1, -0.05) is 19.3 Å². The van der Waals surface area contributed by atoms with Gasteiger partial charge in [0.1, 0.15) is 17.9 Å². The van der Waals surface area contributed by atoms with Crippen molar-refractivity contribution in [2.24, 2.45) is 5.92 Å². The molecule has 8 heteroatoms. The fourth-order valence-corrected chi connectivity index (χ4v) is 3.29. The van der Waals surface area contributed by atoms with Crippen LogP contribution < -0.4 is 15.4 Å². The van der Waals surface area contributed by atoms with Crippen LogP contribution in [-0.4, -0.2) is 34.1 Å². The number of hydrogen-bond acceptors (Lipinski definition) is 5. The number of carbonyl (C=O) groups excluding carboxylic acids is 2. The third-order valence-electron chi connectivity index (χ3n) is 4.77. The number of amides is 2. The van der Waals surface area contributed by atoms with Crippen molar-refractivity contribution in [2.75, 3.05) is 17.7 Å². The van der Waals surface area contributed by atoms with Gasteiger partial charge in [-0.15, -0.1) is 0 Å². The van der Waals surface area contributed by atoms with Crippen molar-refractivity contribution < 1.29 is 14.3 Å². The Morgan fingerprint density at radius 3 is 2.74 bits per heavy atom. The molecular formula is C19H25N5O3. The first-order valence-corrected chi connectivity index (χ1v) is 9.28. The van der Waals surface area contributed by atoms with Gasteiger partial charge in [-0.3, -0.25) is 14.7 Å². The van der Waals surface area contributed by atoms with Gasteiger partial charge in [-0.05, 0) is 31.0 Å². The smallest absolute Gasteiger partial charge is 0.227 e. The maximum Gasteiger partial charge on any atom is 0.227 e. The molecule has 0 radical (unpaired) electrons. The van der Waals surface area contributed by atoms with Crippen LogP contribution in [0.2, 0.25) is 0 Å². The molecule has 27 heavy (non-hydrogen) atoms. The SMILES string of the molecule is COc1ccc(NC(=O)CCc2ncn[nH]2)cc1NC(=O)C1CCCCC1. The maximum atomic E-state index is 12.5. The highest BCUT2D eigenvalue weighted by Gasteiger charge is 2.22. The summed E-state index contributed by atoms with van der Waals surface area (Å²) in [7, 11) is 1.56. The maximum absolute atomic E-state index is 12.5. The number of anilines is 2. The van der Waals surface area contributed by atoms with Crippen molar-refractivity contribution in [3.8, 4) is 5.75 Å². The number of aromatic amines is 1. The lowest BCUT2D eigenvalue weighted by atomic mass is 9.88. The lowest BCUT2D eigenvalue weighted by molar-refractivity contribution is -0.120. The predicted molar refractivity (Wildman–Crippen MR) is 102 cm³/mol. The van der Waals surface area contributed by atoms with Gasteiger partial charge in [0, 0.05) is 24.4 Å². The average Bonchev–Trinajstić information content (AvgIpc) is 3.21. The van der Waals surface area contributed by atoms with E-state index in [2.05, 4.69) is 25.8 Å². The third-order valence-corrected chi connectivity index (χ3v) is 4.77. The van der Waals surface area contributed by atoms with Crippen LogP contribution in [0.5, 0.6) is 5.75 Å². The topological polar surface area (TPSA) is 109 Å². The van der Waals surface area contributed by atoms with Crippen molar-refractivity contribution >= 4 is 23.2 Å². The average molecular weight is 371 g/mol. The molecule has 8 nitrogen and oxygen atoms in total. The molecule has 0 unspecified atom stereocenters. The van der Waals surface area contributed by atoms with Gasteiger partial charge in [-0.25, -0.2) is 4.98 Å². The zero-order chi connectivity index (χ0) is 19.1. The van der Waals surface area contributed by atoms with Crippen molar-refractivity contribution in [3.63, 3.8) is 0 Å². The van der Waals surface area contributed by atoms with Gasteiger partial charge in [0.15, 0.2) is 0 Å². The number of H-pyrrole nitrogens is 1. The van der Waals surface area contributed by atoms with Gasteiger partial charge in [0.2, 0.25) is 11.8 Å². The van der Waals surface area contributed by atoms with Crippen LogP contribution in [0.15, 0.2) is 24.5 Å². The highest BCUT2D eigenvalue weighted by molar-refractivity contribution is 5.96. The van der Waals surface area contributed by atoms with E-state index >= 15 is 0 Å². The molecule has 1 aromatic heterocycles. The minimum absolute atomic E-state index is 0.0156. The predicted octanol–water partition coefficient (Wildman–Crippen LogP) is 2.90. The molecule has 144 valence electrons. The van der Waals surface area contributed by atoms with Crippen molar-refractivity contribution in [2.45, 2.75) is 44.9 Å². The number of nitrogens with one attached hydrogen (secondary N) is 3. The number of benzene rings is 1. The summed E-state index contributed by atoms with van der Waals surface area (Å²) in [6, 6.07) is 5.22. The Kier molecular flexibility index (Phi) is 6.40. The standard InChI is InChI=1S/C19H25N5O3/c1-27-16-8-7-14(22-18(25)10-9-17-20-12-21-24-17)11-15(16)23-19(26)13-5-3-2-4-6-13/h7-8,11-13H,2-6,9-10H2,1H3,(H,22,25)(H,23,26)(H,20,21,24). The van der Waals surface area contributed by atoms with Crippen molar-refractivity contribution in [1.29, 1.82) is 0 Å².